The predicted octanol–water partition coefficient (Wildman–Crippen LogP) is 0.829. The van der Waals surface area contributed by atoms with E-state index in [9.17, 15) is 23.2 Å². The summed E-state index contributed by atoms with van der Waals surface area (Å²) in [6.07, 6.45) is -3.95. The third kappa shape index (κ3) is 2.73. The quantitative estimate of drug-likeness (QED) is 0.543. The molecule has 0 saturated heterocycles. The third-order valence-electron chi connectivity index (χ3n) is 1.50. The van der Waals surface area contributed by atoms with Crippen molar-refractivity contribution in [3.8, 4) is 0 Å². The molecule has 15 heavy (non-hydrogen) atoms. The second-order valence-corrected chi connectivity index (χ2v) is 2.61. The van der Waals surface area contributed by atoms with Crippen LogP contribution in [0.5, 0.6) is 0 Å². The number of hydrogen-bond donors (Lipinski definition) is 2. The predicted molar refractivity (Wildman–Crippen MR) is 43.6 cm³/mol. The number of carbonyl (C=O) groups excluding carboxylic acids is 1. The average molecular weight is 221 g/mol. The number of amides is 2. The number of carbonyl (C=O) groups is 1. The van der Waals surface area contributed by atoms with E-state index in [1.807, 2.05) is 0 Å². The third-order valence-corrected chi connectivity index (χ3v) is 1.50. The van der Waals surface area contributed by atoms with Crippen LogP contribution in [0.3, 0.4) is 0 Å². The summed E-state index contributed by atoms with van der Waals surface area (Å²) in [5, 5.41) is 12.7. The molecule has 1 aromatic rings. The van der Waals surface area contributed by atoms with Gasteiger partial charge >= 0.3 is 12.2 Å². The zero-order valence-electron chi connectivity index (χ0n) is 7.21. The highest BCUT2D eigenvalue weighted by atomic mass is 19.4. The van der Waals surface area contributed by atoms with Crippen LogP contribution in [0, 0.1) is 5.21 Å². The SMILES string of the molecule is NC(=O)Nc1cc(C(F)(F)F)cc[n+]1[O-]. The Bertz CT molecular complexity index is 392. The van der Waals surface area contributed by atoms with E-state index in [1.165, 1.54) is 0 Å². The Labute approximate surface area is 81.9 Å². The van der Waals surface area contributed by atoms with Gasteiger partial charge in [-0.1, -0.05) is 0 Å². The molecule has 1 rings (SSSR count). The van der Waals surface area contributed by atoms with Crippen molar-refractivity contribution in [1.29, 1.82) is 0 Å². The number of aromatic nitrogens is 1. The Hall–Kier alpha value is -1.99. The zero-order chi connectivity index (χ0) is 11.6. The van der Waals surface area contributed by atoms with Gasteiger partial charge in [0.15, 0.2) is 0 Å². The Morgan fingerprint density at radius 1 is 1.53 bits per heavy atom. The van der Waals surface area contributed by atoms with Crippen LogP contribution in [0.2, 0.25) is 0 Å². The van der Waals surface area contributed by atoms with Crippen molar-refractivity contribution < 1.29 is 22.7 Å². The second kappa shape index (κ2) is 3.64. The molecular formula is C7H6F3N3O2. The van der Waals surface area contributed by atoms with Crippen molar-refractivity contribution in [2.45, 2.75) is 6.18 Å². The van der Waals surface area contributed by atoms with Crippen molar-refractivity contribution in [2.24, 2.45) is 5.73 Å². The fraction of sp³-hybridized carbons (Fsp3) is 0.143. The number of nitrogens with zero attached hydrogens (tertiary/aromatic N) is 1. The maximum absolute atomic E-state index is 12.2. The van der Waals surface area contributed by atoms with Crippen molar-refractivity contribution in [3.05, 3.63) is 29.1 Å². The van der Waals surface area contributed by atoms with Gasteiger partial charge in [0.1, 0.15) is 0 Å². The molecule has 0 aliphatic rings. The largest absolute Gasteiger partial charge is 0.711 e. The monoisotopic (exact) mass is 221 g/mol. The molecule has 2 amide bonds. The summed E-state index contributed by atoms with van der Waals surface area (Å²) in [5.74, 6) is -0.572. The Morgan fingerprint density at radius 2 is 2.13 bits per heavy atom. The zero-order valence-corrected chi connectivity index (χ0v) is 7.21. The number of alkyl halides is 3. The molecule has 0 radical (unpaired) electrons. The number of urea groups is 1. The fourth-order valence-electron chi connectivity index (χ4n) is 0.881. The number of nitrogens with two attached hydrogens (primary N) is 1. The Balaban J connectivity index is 3.11. The van der Waals surface area contributed by atoms with E-state index in [4.69, 9.17) is 0 Å². The molecule has 0 saturated carbocycles. The topological polar surface area (TPSA) is 82.1 Å². The maximum Gasteiger partial charge on any atom is 0.416 e. The van der Waals surface area contributed by atoms with Crippen LogP contribution < -0.4 is 15.8 Å². The first-order valence-electron chi connectivity index (χ1n) is 3.67. The standard InChI is InChI=1S/C7H6F3N3O2/c8-7(9,10)4-1-2-13(15)5(3-4)12-6(11)14/h1-3H,(H3,11,12,14). The smallest absolute Gasteiger partial charge is 0.416 e. The number of primary amides is 1. The number of rotatable bonds is 1. The minimum Gasteiger partial charge on any atom is -0.711 e. The van der Waals surface area contributed by atoms with Crippen LogP contribution in [0.1, 0.15) is 5.56 Å². The molecule has 0 aliphatic carbocycles. The maximum atomic E-state index is 12.2. The van der Waals surface area contributed by atoms with Gasteiger partial charge in [0, 0.05) is 6.07 Å². The average Bonchev–Trinajstić information content (AvgIpc) is 2.06. The number of nitrogens with one attached hydrogen (secondary N) is 1. The second-order valence-electron chi connectivity index (χ2n) is 2.61. The minimum atomic E-state index is -4.58. The molecule has 3 N–H and O–H groups in total. The van der Waals surface area contributed by atoms with Crippen molar-refractivity contribution in [2.75, 3.05) is 5.32 Å². The van der Waals surface area contributed by atoms with Gasteiger partial charge < -0.3 is 10.9 Å². The van der Waals surface area contributed by atoms with Crippen LogP contribution in [-0.2, 0) is 6.18 Å². The normalized spacial score (nSPS) is 11.1. The van der Waals surface area contributed by atoms with Crippen LogP contribution in [-0.4, -0.2) is 6.03 Å². The van der Waals surface area contributed by atoms with E-state index in [0.29, 0.717) is 18.3 Å². The summed E-state index contributed by atoms with van der Waals surface area (Å²) in [6.45, 7) is 0. The number of anilines is 1. The molecule has 0 bridgehead atoms. The van der Waals surface area contributed by atoms with E-state index < -0.39 is 23.6 Å². The van der Waals surface area contributed by atoms with Gasteiger partial charge in [0.2, 0.25) is 0 Å². The van der Waals surface area contributed by atoms with Crippen LogP contribution in [0.15, 0.2) is 18.3 Å². The van der Waals surface area contributed by atoms with Crippen molar-refractivity contribution >= 4 is 11.8 Å². The van der Waals surface area contributed by atoms with E-state index in [0.717, 1.165) is 0 Å². The van der Waals surface area contributed by atoms with Gasteiger partial charge in [-0.2, -0.15) is 18.5 Å². The van der Waals surface area contributed by atoms with E-state index in [2.05, 4.69) is 5.73 Å². The van der Waals surface area contributed by atoms with Gasteiger partial charge in [-0.3, -0.25) is 0 Å². The van der Waals surface area contributed by atoms with Gasteiger partial charge in [0.25, 0.3) is 5.82 Å². The number of hydrogen-bond acceptors (Lipinski definition) is 2. The van der Waals surface area contributed by atoms with E-state index in [-0.39, 0.29) is 4.73 Å². The van der Waals surface area contributed by atoms with E-state index >= 15 is 0 Å². The van der Waals surface area contributed by atoms with Crippen LogP contribution in [0.25, 0.3) is 0 Å². The summed E-state index contributed by atoms with van der Waals surface area (Å²) in [7, 11) is 0. The molecule has 8 heteroatoms. The molecule has 82 valence electrons. The molecule has 1 heterocycles. The first-order chi connectivity index (χ1) is 6.80. The summed E-state index contributed by atoms with van der Waals surface area (Å²) in [4.78, 5) is 10.4. The molecule has 0 spiro atoms. The van der Waals surface area contributed by atoms with Gasteiger partial charge in [-0.05, 0) is 6.07 Å². The summed E-state index contributed by atoms with van der Waals surface area (Å²) in [5.41, 5.74) is 3.63. The van der Waals surface area contributed by atoms with Crippen molar-refractivity contribution in [3.63, 3.8) is 0 Å². The molecule has 1 aromatic heterocycles. The Kier molecular flexibility index (Phi) is 2.69. The lowest BCUT2D eigenvalue weighted by Gasteiger charge is -2.10. The molecule has 5 nitrogen and oxygen atoms in total. The number of halogens is 3. The van der Waals surface area contributed by atoms with E-state index in [1.54, 1.807) is 5.32 Å². The van der Waals surface area contributed by atoms with Gasteiger partial charge in [0.05, 0.1) is 11.8 Å². The highest BCUT2D eigenvalue weighted by Crippen LogP contribution is 2.29. The van der Waals surface area contributed by atoms with Gasteiger partial charge in [-0.25, -0.2) is 9.52 Å². The first kappa shape index (κ1) is 11.1. The highest BCUT2D eigenvalue weighted by molar-refractivity contribution is 5.85. The molecule has 0 aliphatic heterocycles. The molecular weight excluding hydrogens is 215 g/mol. The lowest BCUT2D eigenvalue weighted by molar-refractivity contribution is -0.590. The number of pyridine rings is 1. The van der Waals surface area contributed by atoms with Crippen LogP contribution >= 0.6 is 0 Å². The summed E-state index contributed by atoms with van der Waals surface area (Å²) >= 11 is 0. The minimum absolute atomic E-state index is 0.0694. The lowest BCUT2D eigenvalue weighted by Crippen LogP contribution is -2.34. The Morgan fingerprint density at radius 3 is 2.60 bits per heavy atom. The van der Waals surface area contributed by atoms with Gasteiger partial charge in [-0.15, -0.1) is 0 Å². The highest BCUT2D eigenvalue weighted by Gasteiger charge is 2.32. The molecule has 0 unspecified atom stereocenters. The summed E-state index contributed by atoms with van der Waals surface area (Å²) in [6, 6.07) is -0.0179. The first-order valence-corrected chi connectivity index (χ1v) is 3.67. The molecule has 0 atom stereocenters. The fourth-order valence-corrected chi connectivity index (χ4v) is 0.881. The van der Waals surface area contributed by atoms with Crippen LogP contribution in [0.4, 0.5) is 23.8 Å². The molecule has 0 fully saturated rings. The summed E-state index contributed by atoms with van der Waals surface area (Å²) < 4.78 is 36.6. The van der Waals surface area contributed by atoms with Crippen molar-refractivity contribution in [1.82, 2.24) is 0 Å². The molecule has 0 aromatic carbocycles. The lowest BCUT2D eigenvalue weighted by atomic mass is 10.2.